The summed E-state index contributed by atoms with van der Waals surface area (Å²) in [5, 5.41) is 17.8. The van der Waals surface area contributed by atoms with Crippen LogP contribution in [0.1, 0.15) is 22.8 Å². The van der Waals surface area contributed by atoms with E-state index in [-0.39, 0.29) is 23.8 Å². The molecule has 0 bridgehead atoms. The number of rotatable bonds is 3. The first-order chi connectivity index (χ1) is 11.1. The van der Waals surface area contributed by atoms with Crippen molar-refractivity contribution in [1.82, 2.24) is 19.9 Å². The summed E-state index contributed by atoms with van der Waals surface area (Å²) < 4.78 is 0. The lowest BCUT2D eigenvalue weighted by molar-refractivity contribution is 0.0690. The number of aromatic nitrogens is 3. The first-order valence-electron chi connectivity index (χ1n) is 7.61. The summed E-state index contributed by atoms with van der Waals surface area (Å²) in [6.45, 7) is 4.65. The van der Waals surface area contributed by atoms with Crippen molar-refractivity contribution < 1.29 is 9.90 Å². The van der Waals surface area contributed by atoms with E-state index in [1.165, 1.54) is 4.80 Å². The molecule has 2 heterocycles. The lowest BCUT2D eigenvalue weighted by Crippen LogP contribution is -2.48. The number of amides is 1. The Kier molecular flexibility index (Phi) is 4.68. The van der Waals surface area contributed by atoms with E-state index in [1.54, 1.807) is 24.2 Å². The van der Waals surface area contributed by atoms with Crippen LogP contribution in [-0.4, -0.2) is 61.1 Å². The Morgan fingerprint density at radius 1 is 1.39 bits per heavy atom. The first-order valence-corrected chi connectivity index (χ1v) is 8.65. The van der Waals surface area contributed by atoms with Crippen molar-refractivity contribution in [3.05, 3.63) is 41.7 Å². The average molecular weight is 332 g/mol. The second-order valence-corrected chi connectivity index (χ2v) is 7.12. The van der Waals surface area contributed by atoms with Gasteiger partial charge in [0.1, 0.15) is 0 Å². The fraction of sp³-hybridized carbons (Fsp3) is 0.438. The SMILES string of the molecule is Cc1ccc(-n2nccn2)c(C(=O)N2C[C@H](CO)SC[C@H]2C)c1. The Morgan fingerprint density at radius 3 is 2.83 bits per heavy atom. The third-order valence-corrected chi connectivity index (χ3v) is 5.43. The number of hydrogen-bond donors (Lipinski definition) is 1. The van der Waals surface area contributed by atoms with Crippen molar-refractivity contribution in [2.24, 2.45) is 0 Å². The Bertz CT molecular complexity index is 689. The van der Waals surface area contributed by atoms with Crippen LogP contribution < -0.4 is 0 Å². The molecule has 23 heavy (non-hydrogen) atoms. The molecule has 0 spiro atoms. The van der Waals surface area contributed by atoms with Gasteiger partial charge < -0.3 is 10.0 Å². The largest absolute Gasteiger partial charge is 0.395 e. The van der Waals surface area contributed by atoms with E-state index in [9.17, 15) is 9.90 Å². The van der Waals surface area contributed by atoms with Gasteiger partial charge in [0.2, 0.25) is 0 Å². The van der Waals surface area contributed by atoms with Crippen molar-refractivity contribution >= 4 is 17.7 Å². The highest BCUT2D eigenvalue weighted by Crippen LogP contribution is 2.26. The normalized spacial score (nSPS) is 21.4. The molecule has 1 aliphatic heterocycles. The minimum atomic E-state index is -0.0350. The molecule has 7 heteroatoms. The molecule has 1 aromatic heterocycles. The highest BCUT2D eigenvalue weighted by atomic mass is 32.2. The monoisotopic (exact) mass is 332 g/mol. The van der Waals surface area contributed by atoms with Crippen LogP contribution in [0.3, 0.4) is 0 Å². The zero-order valence-corrected chi connectivity index (χ0v) is 14.0. The second-order valence-electron chi connectivity index (χ2n) is 5.78. The molecule has 3 rings (SSSR count). The molecular formula is C16H20N4O2S. The predicted molar refractivity (Wildman–Crippen MR) is 89.9 cm³/mol. The van der Waals surface area contributed by atoms with Crippen LogP contribution in [0, 0.1) is 6.92 Å². The molecule has 1 fully saturated rings. The Hall–Kier alpha value is -1.86. The van der Waals surface area contributed by atoms with E-state index in [0.717, 1.165) is 11.3 Å². The number of hydrogen-bond acceptors (Lipinski definition) is 5. The van der Waals surface area contributed by atoms with Gasteiger partial charge in [0, 0.05) is 23.6 Å². The smallest absolute Gasteiger partial charge is 0.256 e. The van der Waals surface area contributed by atoms with Gasteiger partial charge in [0.05, 0.1) is 30.3 Å². The summed E-state index contributed by atoms with van der Waals surface area (Å²) in [5.74, 6) is 0.797. The molecule has 1 amide bonds. The number of carbonyl (C=O) groups excluding carboxylic acids is 1. The van der Waals surface area contributed by atoms with Gasteiger partial charge in [0.15, 0.2) is 0 Å². The van der Waals surface area contributed by atoms with Gasteiger partial charge >= 0.3 is 0 Å². The summed E-state index contributed by atoms with van der Waals surface area (Å²) in [4.78, 5) is 16.4. The maximum Gasteiger partial charge on any atom is 0.256 e. The molecule has 2 atom stereocenters. The van der Waals surface area contributed by atoms with Gasteiger partial charge in [-0.2, -0.15) is 26.8 Å². The highest BCUT2D eigenvalue weighted by molar-refractivity contribution is 8.00. The molecule has 1 aliphatic rings. The third kappa shape index (κ3) is 3.25. The summed E-state index contributed by atoms with van der Waals surface area (Å²) in [7, 11) is 0. The molecular weight excluding hydrogens is 312 g/mol. The fourth-order valence-corrected chi connectivity index (χ4v) is 3.80. The van der Waals surface area contributed by atoms with E-state index in [1.807, 2.05) is 36.9 Å². The Balaban J connectivity index is 1.97. The van der Waals surface area contributed by atoms with E-state index >= 15 is 0 Å². The topological polar surface area (TPSA) is 71.2 Å². The lowest BCUT2D eigenvalue weighted by Gasteiger charge is -2.37. The van der Waals surface area contributed by atoms with Crippen molar-refractivity contribution in [2.45, 2.75) is 25.1 Å². The van der Waals surface area contributed by atoms with Gasteiger partial charge in [-0.3, -0.25) is 4.79 Å². The third-order valence-electron chi connectivity index (χ3n) is 3.99. The maximum absolute atomic E-state index is 13.1. The van der Waals surface area contributed by atoms with E-state index in [2.05, 4.69) is 10.2 Å². The zero-order valence-electron chi connectivity index (χ0n) is 13.2. The number of aryl methyl sites for hydroxylation is 1. The first kappa shape index (κ1) is 16.0. The lowest BCUT2D eigenvalue weighted by atomic mass is 10.1. The van der Waals surface area contributed by atoms with Crippen molar-refractivity contribution in [2.75, 3.05) is 18.9 Å². The van der Waals surface area contributed by atoms with Crippen LogP contribution in [-0.2, 0) is 0 Å². The summed E-state index contributed by atoms with van der Waals surface area (Å²) >= 11 is 1.72. The van der Waals surface area contributed by atoms with Gasteiger partial charge in [0.25, 0.3) is 5.91 Å². The number of carbonyl (C=O) groups is 1. The standard InChI is InChI=1S/C16H20N4O2S/c1-11-3-4-15(20-17-5-6-18-20)14(7-11)16(22)19-8-13(9-21)23-10-12(19)2/h3-7,12-13,21H,8-10H2,1-2H3/t12-,13-/m1/s1. The molecule has 0 aliphatic carbocycles. The maximum atomic E-state index is 13.1. The molecule has 2 aromatic rings. The Labute approximate surface area is 139 Å². The van der Waals surface area contributed by atoms with Crippen LogP contribution in [0.25, 0.3) is 5.69 Å². The van der Waals surface area contributed by atoms with Crippen LogP contribution >= 0.6 is 11.8 Å². The number of thioether (sulfide) groups is 1. The van der Waals surface area contributed by atoms with Crippen LogP contribution in [0.5, 0.6) is 0 Å². The Morgan fingerprint density at radius 2 is 2.13 bits per heavy atom. The minimum Gasteiger partial charge on any atom is -0.395 e. The van der Waals surface area contributed by atoms with Gasteiger partial charge in [-0.1, -0.05) is 11.6 Å². The highest BCUT2D eigenvalue weighted by Gasteiger charge is 2.31. The molecule has 1 aromatic carbocycles. The van der Waals surface area contributed by atoms with E-state index < -0.39 is 0 Å². The molecule has 1 N–H and O–H groups in total. The predicted octanol–water partition coefficient (Wildman–Crippen LogP) is 1.51. The van der Waals surface area contributed by atoms with Gasteiger partial charge in [-0.25, -0.2) is 0 Å². The second kappa shape index (κ2) is 6.72. The van der Waals surface area contributed by atoms with Crippen molar-refractivity contribution in [1.29, 1.82) is 0 Å². The number of aliphatic hydroxyl groups is 1. The van der Waals surface area contributed by atoms with Crippen molar-refractivity contribution in [3.8, 4) is 5.69 Å². The van der Waals surface area contributed by atoms with Crippen LogP contribution in [0.4, 0.5) is 0 Å². The summed E-state index contributed by atoms with van der Waals surface area (Å²) in [6.07, 6.45) is 3.19. The number of aliphatic hydroxyl groups excluding tert-OH is 1. The average Bonchev–Trinajstić information content (AvgIpc) is 3.09. The van der Waals surface area contributed by atoms with E-state index in [0.29, 0.717) is 17.8 Å². The number of nitrogens with zero attached hydrogens (tertiary/aromatic N) is 4. The van der Waals surface area contributed by atoms with Gasteiger partial charge in [-0.05, 0) is 26.0 Å². The van der Waals surface area contributed by atoms with E-state index in [4.69, 9.17) is 0 Å². The fourth-order valence-electron chi connectivity index (χ4n) is 2.70. The molecule has 0 unspecified atom stereocenters. The van der Waals surface area contributed by atoms with Gasteiger partial charge in [-0.15, -0.1) is 0 Å². The quantitative estimate of drug-likeness (QED) is 0.922. The van der Waals surface area contributed by atoms with Crippen LogP contribution in [0.15, 0.2) is 30.6 Å². The van der Waals surface area contributed by atoms with Crippen molar-refractivity contribution in [3.63, 3.8) is 0 Å². The molecule has 0 saturated carbocycles. The molecule has 6 nitrogen and oxygen atoms in total. The molecule has 122 valence electrons. The minimum absolute atomic E-state index is 0.0350. The molecule has 0 radical (unpaired) electrons. The van der Waals surface area contributed by atoms with Crippen LogP contribution in [0.2, 0.25) is 0 Å². The zero-order chi connectivity index (χ0) is 16.4. The molecule has 1 saturated heterocycles. The number of benzene rings is 1. The summed E-state index contributed by atoms with van der Waals surface area (Å²) in [5.41, 5.74) is 2.29. The summed E-state index contributed by atoms with van der Waals surface area (Å²) in [6, 6.07) is 5.83.